The lowest BCUT2D eigenvalue weighted by atomic mass is 10.1. The van der Waals surface area contributed by atoms with Crippen LogP contribution in [0.1, 0.15) is 34.8 Å². The lowest BCUT2D eigenvalue weighted by Gasteiger charge is -2.37. The molecule has 1 fully saturated rings. The van der Waals surface area contributed by atoms with Crippen molar-refractivity contribution in [3.8, 4) is 11.4 Å². The van der Waals surface area contributed by atoms with Crippen molar-refractivity contribution in [2.75, 3.05) is 32.4 Å². The van der Waals surface area contributed by atoms with Gasteiger partial charge in [-0.05, 0) is 37.4 Å². The molecule has 0 saturated carbocycles. The molecular formula is C23H23F3N4O2S. The zero-order chi connectivity index (χ0) is 23.6. The van der Waals surface area contributed by atoms with E-state index in [0.29, 0.717) is 37.6 Å². The van der Waals surface area contributed by atoms with Crippen LogP contribution in [-0.2, 0) is 6.18 Å². The number of carbonyl (C=O) groups excluding carboxylic acids is 1. The molecular weight excluding hydrogens is 453 g/mol. The topological polar surface area (TPSA) is 62.5 Å². The molecule has 6 nitrogen and oxygen atoms in total. The molecule has 1 aromatic heterocycles. The number of piperazine rings is 1. The molecule has 33 heavy (non-hydrogen) atoms. The van der Waals surface area contributed by atoms with Gasteiger partial charge in [0.2, 0.25) is 11.7 Å². The van der Waals surface area contributed by atoms with E-state index < -0.39 is 11.7 Å². The number of hydrogen-bond donors (Lipinski definition) is 0. The highest BCUT2D eigenvalue weighted by Crippen LogP contribution is 2.32. The van der Waals surface area contributed by atoms with E-state index in [2.05, 4.69) is 15.0 Å². The summed E-state index contributed by atoms with van der Waals surface area (Å²) in [7, 11) is 0. The Labute approximate surface area is 193 Å². The van der Waals surface area contributed by atoms with E-state index >= 15 is 0 Å². The predicted molar refractivity (Wildman–Crippen MR) is 119 cm³/mol. The maximum atomic E-state index is 13.0. The number of thioether (sulfide) groups is 1. The molecule has 1 aliphatic rings. The second-order valence-corrected chi connectivity index (χ2v) is 8.59. The first-order valence-electron chi connectivity index (χ1n) is 10.5. The van der Waals surface area contributed by atoms with Gasteiger partial charge in [0.05, 0.1) is 17.2 Å². The number of nitrogens with zero attached hydrogens (tertiary/aromatic N) is 4. The summed E-state index contributed by atoms with van der Waals surface area (Å²) in [5, 5.41) is 3.88. The van der Waals surface area contributed by atoms with Gasteiger partial charge in [0, 0.05) is 36.6 Å². The van der Waals surface area contributed by atoms with Crippen molar-refractivity contribution in [1.82, 2.24) is 19.9 Å². The number of rotatable bonds is 5. The van der Waals surface area contributed by atoms with Crippen LogP contribution in [0.4, 0.5) is 13.2 Å². The fraction of sp³-hybridized carbons (Fsp3) is 0.348. The molecule has 1 aliphatic heterocycles. The number of alkyl halides is 3. The zero-order valence-electron chi connectivity index (χ0n) is 18.2. The second kappa shape index (κ2) is 9.56. The van der Waals surface area contributed by atoms with Gasteiger partial charge >= 0.3 is 6.18 Å². The highest BCUT2D eigenvalue weighted by Gasteiger charge is 2.32. The van der Waals surface area contributed by atoms with Crippen molar-refractivity contribution < 1.29 is 22.5 Å². The van der Waals surface area contributed by atoms with Gasteiger partial charge in [-0.1, -0.05) is 29.4 Å². The van der Waals surface area contributed by atoms with Crippen LogP contribution in [0.2, 0.25) is 0 Å². The molecule has 2 aromatic carbocycles. The molecule has 1 atom stereocenters. The molecule has 0 radical (unpaired) electrons. The summed E-state index contributed by atoms with van der Waals surface area (Å²) in [4.78, 5) is 22.2. The molecule has 0 N–H and O–H groups in total. The Morgan fingerprint density at radius 2 is 1.82 bits per heavy atom. The maximum Gasteiger partial charge on any atom is 0.416 e. The van der Waals surface area contributed by atoms with Gasteiger partial charge in [-0.3, -0.25) is 9.69 Å². The van der Waals surface area contributed by atoms with Gasteiger partial charge in [0.25, 0.3) is 5.91 Å². The highest BCUT2D eigenvalue weighted by molar-refractivity contribution is 7.98. The maximum absolute atomic E-state index is 13.0. The second-order valence-electron chi connectivity index (χ2n) is 7.74. The molecule has 0 aliphatic carbocycles. The third-order valence-corrected chi connectivity index (χ3v) is 6.53. The monoisotopic (exact) mass is 476 g/mol. The van der Waals surface area contributed by atoms with Crippen LogP contribution >= 0.6 is 11.8 Å². The first kappa shape index (κ1) is 23.3. The summed E-state index contributed by atoms with van der Waals surface area (Å²) < 4.78 is 44.4. The molecule has 174 valence electrons. The summed E-state index contributed by atoms with van der Waals surface area (Å²) in [6, 6.07) is 12.2. The average molecular weight is 477 g/mol. The Balaban J connectivity index is 1.41. The van der Waals surface area contributed by atoms with Gasteiger partial charge in [0.15, 0.2) is 0 Å². The van der Waals surface area contributed by atoms with E-state index in [4.69, 9.17) is 4.52 Å². The zero-order valence-corrected chi connectivity index (χ0v) is 19.0. The number of amides is 1. The van der Waals surface area contributed by atoms with Crippen LogP contribution in [0.25, 0.3) is 11.4 Å². The molecule has 0 unspecified atom stereocenters. The summed E-state index contributed by atoms with van der Waals surface area (Å²) >= 11 is 1.55. The van der Waals surface area contributed by atoms with E-state index in [1.807, 2.05) is 42.3 Å². The lowest BCUT2D eigenvalue weighted by Crippen LogP contribution is -2.49. The van der Waals surface area contributed by atoms with Crippen LogP contribution in [-0.4, -0.2) is 58.3 Å². The predicted octanol–water partition coefficient (Wildman–Crippen LogP) is 5.00. The van der Waals surface area contributed by atoms with E-state index in [1.54, 1.807) is 11.8 Å². The minimum atomic E-state index is -4.44. The molecule has 10 heteroatoms. The summed E-state index contributed by atoms with van der Waals surface area (Å²) in [6.07, 6.45) is -2.49. The Morgan fingerprint density at radius 3 is 2.52 bits per heavy atom. The Morgan fingerprint density at radius 1 is 1.09 bits per heavy atom. The van der Waals surface area contributed by atoms with E-state index in [0.717, 1.165) is 17.0 Å². The number of hydrogen-bond acceptors (Lipinski definition) is 6. The Kier molecular flexibility index (Phi) is 6.76. The normalized spacial score (nSPS) is 16.1. The van der Waals surface area contributed by atoms with Gasteiger partial charge in [-0.25, -0.2) is 0 Å². The fourth-order valence-corrected chi connectivity index (χ4v) is 4.41. The van der Waals surface area contributed by atoms with Crippen LogP contribution in [0, 0.1) is 0 Å². The summed E-state index contributed by atoms with van der Waals surface area (Å²) in [6.45, 7) is 4.26. The minimum Gasteiger partial charge on any atom is -0.337 e. The minimum absolute atomic E-state index is 0.0110. The highest BCUT2D eigenvalue weighted by atomic mass is 32.2. The smallest absolute Gasteiger partial charge is 0.337 e. The van der Waals surface area contributed by atoms with Crippen LogP contribution in [0.15, 0.2) is 57.9 Å². The standard InChI is InChI=1S/C23H23F3N4O2S/c1-15(21-27-20(28-32-21)16-6-5-7-17(14-16)23(24,25)26)29-10-12-30(13-11-29)22(31)18-8-3-4-9-19(18)33-2/h3-9,14-15H,10-13H2,1-2H3/t15-/m0/s1. The number of benzene rings is 2. The third kappa shape index (κ3) is 5.06. The molecule has 2 heterocycles. The largest absolute Gasteiger partial charge is 0.416 e. The van der Waals surface area contributed by atoms with E-state index in [-0.39, 0.29) is 23.3 Å². The van der Waals surface area contributed by atoms with E-state index in [9.17, 15) is 18.0 Å². The Bertz CT molecular complexity index is 1130. The van der Waals surface area contributed by atoms with Crippen molar-refractivity contribution in [3.05, 3.63) is 65.5 Å². The third-order valence-electron chi connectivity index (χ3n) is 5.73. The quantitative estimate of drug-likeness (QED) is 0.483. The molecule has 3 aromatic rings. The lowest BCUT2D eigenvalue weighted by molar-refractivity contribution is -0.137. The van der Waals surface area contributed by atoms with Gasteiger partial charge in [-0.2, -0.15) is 18.2 Å². The van der Waals surface area contributed by atoms with E-state index in [1.165, 1.54) is 12.1 Å². The summed E-state index contributed by atoms with van der Waals surface area (Å²) in [5.41, 5.74) is 0.187. The SMILES string of the molecule is CSc1ccccc1C(=O)N1CCN([C@@H](C)c2nc(-c3cccc(C(F)(F)F)c3)no2)CC1. The first-order chi connectivity index (χ1) is 15.8. The van der Waals surface area contributed by atoms with Gasteiger partial charge in [0.1, 0.15) is 0 Å². The van der Waals surface area contributed by atoms with Crippen LogP contribution < -0.4 is 0 Å². The van der Waals surface area contributed by atoms with Crippen molar-refractivity contribution in [3.63, 3.8) is 0 Å². The number of aromatic nitrogens is 2. The van der Waals surface area contributed by atoms with Gasteiger partial charge in [-0.15, -0.1) is 11.8 Å². The summed E-state index contributed by atoms with van der Waals surface area (Å²) in [5.74, 6) is 0.456. The van der Waals surface area contributed by atoms with Crippen LogP contribution in [0.3, 0.4) is 0 Å². The van der Waals surface area contributed by atoms with Crippen molar-refractivity contribution in [1.29, 1.82) is 0 Å². The van der Waals surface area contributed by atoms with Crippen molar-refractivity contribution >= 4 is 17.7 Å². The number of halogens is 3. The van der Waals surface area contributed by atoms with Crippen molar-refractivity contribution in [2.24, 2.45) is 0 Å². The van der Waals surface area contributed by atoms with Crippen LogP contribution in [0.5, 0.6) is 0 Å². The van der Waals surface area contributed by atoms with Gasteiger partial charge < -0.3 is 9.42 Å². The van der Waals surface area contributed by atoms with Crippen molar-refractivity contribution in [2.45, 2.75) is 24.0 Å². The first-order valence-corrected chi connectivity index (χ1v) is 11.7. The Hall–Kier alpha value is -2.85. The molecule has 0 spiro atoms. The molecule has 1 amide bonds. The molecule has 1 saturated heterocycles. The average Bonchev–Trinajstić information content (AvgIpc) is 3.33. The number of carbonyl (C=O) groups is 1. The molecule has 0 bridgehead atoms. The fourth-order valence-electron chi connectivity index (χ4n) is 3.82. The molecule has 4 rings (SSSR count).